The summed E-state index contributed by atoms with van der Waals surface area (Å²) in [5.74, 6) is -0.841. The Kier molecular flexibility index (Phi) is 8.86. The van der Waals surface area contributed by atoms with Crippen LogP contribution < -0.4 is 25.8 Å². The fourth-order valence-electron chi connectivity index (χ4n) is 3.90. The van der Waals surface area contributed by atoms with Gasteiger partial charge in [0.05, 0.1) is 17.1 Å². The zero-order valence-electron chi connectivity index (χ0n) is 22.2. The molecule has 0 bridgehead atoms. The molecule has 214 valence electrons. The van der Waals surface area contributed by atoms with E-state index in [-0.39, 0.29) is 23.1 Å². The minimum atomic E-state index is -4.82. The Labute approximate surface area is 238 Å². The molecule has 0 saturated carbocycles. The van der Waals surface area contributed by atoms with Crippen molar-refractivity contribution >= 4 is 51.8 Å². The summed E-state index contributed by atoms with van der Waals surface area (Å²) in [5, 5.41) is 2.95. The van der Waals surface area contributed by atoms with Crippen molar-refractivity contribution in [2.75, 3.05) is 21.4 Å². The number of urea groups is 1. The van der Waals surface area contributed by atoms with E-state index < -0.39 is 24.1 Å². The second kappa shape index (κ2) is 12.3. The standard InChI is InChI=1S/C28H26F3N5O4S/c1-16(2)22-13-4-17(3)14-23(22)36-24(37)15-41-27(36)33-26(39)32-19-7-9-20(10-8-19)34-35-25(38)18-5-11-21(12-6-18)40-28(29,30)31/h4-14,16,34H,15H2,1-3H3,(H,32,39)(H,35,38)/b33-27-. The van der Waals surface area contributed by atoms with E-state index >= 15 is 0 Å². The second-order valence-electron chi connectivity index (χ2n) is 9.29. The van der Waals surface area contributed by atoms with Crippen molar-refractivity contribution in [1.29, 1.82) is 0 Å². The van der Waals surface area contributed by atoms with Gasteiger partial charge in [-0.25, -0.2) is 4.79 Å². The van der Waals surface area contributed by atoms with Crippen molar-refractivity contribution in [3.63, 3.8) is 0 Å². The van der Waals surface area contributed by atoms with E-state index in [0.717, 1.165) is 23.3 Å². The number of carbonyl (C=O) groups is 3. The van der Waals surface area contributed by atoms with E-state index in [4.69, 9.17) is 0 Å². The number of alkyl halides is 3. The highest BCUT2D eigenvalue weighted by molar-refractivity contribution is 8.15. The summed E-state index contributed by atoms with van der Waals surface area (Å²) in [4.78, 5) is 43.3. The van der Waals surface area contributed by atoms with E-state index in [1.54, 1.807) is 24.3 Å². The van der Waals surface area contributed by atoms with Gasteiger partial charge in [0.2, 0.25) is 5.91 Å². The van der Waals surface area contributed by atoms with E-state index in [1.165, 1.54) is 28.8 Å². The summed E-state index contributed by atoms with van der Waals surface area (Å²) in [6, 6.07) is 16.0. The smallest absolute Gasteiger partial charge is 0.406 e. The summed E-state index contributed by atoms with van der Waals surface area (Å²) in [5.41, 5.74) is 8.80. The van der Waals surface area contributed by atoms with Gasteiger partial charge in [0, 0.05) is 11.3 Å². The highest BCUT2D eigenvalue weighted by atomic mass is 32.2. The number of hydrogen-bond acceptors (Lipinski definition) is 6. The van der Waals surface area contributed by atoms with Crippen molar-refractivity contribution in [3.8, 4) is 5.75 Å². The maximum atomic E-state index is 12.7. The third kappa shape index (κ3) is 7.78. The molecule has 3 aromatic rings. The maximum Gasteiger partial charge on any atom is 0.573 e. The molecule has 0 radical (unpaired) electrons. The van der Waals surface area contributed by atoms with Gasteiger partial charge in [-0.3, -0.25) is 25.3 Å². The van der Waals surface area contributed by atoms with Crippen LogP contribution in [0.15, 0.2) is 71.7 Å². The number of benzene rings is 3. The Morgan fingerprint density at radius 2 is 1.66 bits per heavy atom. The molecule has 0 aromatic heterocycles. The quantitative estimate of drug-likeness (QED) is 0.275. The lowest BCUT2D eigenvalue weighted by atomic mass is 9.99. The highest BCUT2D eigenvalue weighted by Crippen LogP contribution is 2.34. The number of anilines is 3. The van der Waals surface area contributed by atoms with Gasteiger partial charge in [-0.15, -0.1) is 13.2 Å². The fraction of sp³-hybridized carbons (Fsp3) is 0.214. The molecule has 1 heterocycles. The summed E-state index contributed by atoms with van der Waals surface area (Å²) in [7, 11) is 0. The first-order valence-corrected chi connectivity index (χ1v) is 13.4. The Morgan fingerprint density at radius 1 is 1.00 bits per heavy atom. The number of carbonyl (C=O) groups excluding carboxylic acids is 3. The minimum Gasteiger partial charge on any atom is -0.406 e. The predicted octanol–water partition coefficient (Wildman–Crippen LogP) is 6.44. The lowest BCUT2D eigenvalue weighted by Gasteiger charge is -2.22. The first-order valence-electron chi connectivity index (χ1n) is 12.4. The first-order chi connectivity index (χ1) is 19.4. The summed E-state index contributed by atoms with van der Waals surface area (Å²) >= 11 is 1.19. The molecular formula is C28H26F3N5O4S. The van der Waals surface area contributed by atoms with Crippen molar-refractivity contribution in [2.24, 2.45) is 4.99 Å². The molecule has 4 amide bonds. The lowest BCUT2D eigenvalue weighted by molar-refractivity contribution is -0.274. The molecule has 0 atom stereocenters. The molecule has 0 aliphatic carbocycles. The van der Waals surface area contributed by atoms with Gasteiger partial charge in [-0.1, -0.05) is 37.7 Å². The van der Waals surface area contributed by atoms with Crippen LogP contribution in [-0.4, -0.2) is 35.1 Å². The number of aryl methyl sites for hydroxylation is 1. The average molecular weight is 586 g/mol. The Hall–Kier alpha value is -4.52. The molecular weight excluding hydrogens is 559 g/mol. The summed E-state index contributed by atoms with van der Waals surface area (Å²) in [6.07, 6.45) is -4.82. The Balaban J connectivity index is 1.36. The van der Waals surface area contributed by atoms with Gasteiger partial charge >= 0.3 is 12.4 Å². The van der Waals surface area contributed by atoms with Crippen LogP contribution >= 0.6 is 11.8 Å². The monoisotopic (exact) mass is 585 g/mol. The van der Waals surface area contributed by atoms with E-state index in [0.29, 0.717) is 22.2 Å². The molecule has 13 heteroatoms. The molecule has 1 aliphatic heterocycles. The molecule has 3 aromatic carbocycles. The third-order valence-electron chi connectivity index (χ3n) is 5.82. The number of hydrazine groups is 1. The number of halogens is 3. The Morgan fingerprint density at radius 3 is 2.29 bits per heavy atom. The fourth-order valence-corrected chi connectivity index (χ4v) is 4.76. The minimum absolute atomic E-state index is 0.110. The average Bonchev–Trinajstić information content (AvgIpc) is 3.26. The van der Waals surface area contributed by atoms with Crippen LogP contribution in [0.2, 0.25) is 0 Å². The van der Waals surface area contributed by atoms with Gasteiger partial charge in [-0.05, 0) is 78.6 Å². The van der Waals surface area contributed by atoms with Gasteiger partial charge in [0.15, 0.2) is 5.17 Å². The molecule has 1 aliphatic rings. The number of amides is 4. The number of nitrogens with one attached hydrogen (secondary N) is 3. The van der Waals surface area contributed by atoms with E-state index in [2.05, 4.69) is 25.9 Å². The van der Waals surface area contributed by atoms with Gasteiger partial charge in [0.1, 0.15) is 5.75 Å². The maximum absolute atomic E-state index is 12.7. The molecule has 1 fully saturated rings. The van der Waals surface area contributed by atoms with Gasteiger partial charge in [0.25, 0.3) is 5.91 Å². The molecule has 3 N–H and O–H groups in total. The van der Waals surface area contributed by atoms with E-state index in [9.17, 15) is 27.6 Å². The van der Waals surface area contributed by atoms with Crippen LogP contribution in [0, 0.1) is 6.92 Å². The van der Waals surface area contributed by atoms with Gasteiger partial charge in [-0.2, -0.15) is 4.99 Å². The molecule has 41 heavy (non-hydrogen) atoms. The van der Waals surface area contributed by atoms with E-state index in [1.807, 2.05) is 39.0 Å². The number of amidine groups is 1. The number of thioether (sulfide) groups is 1. The topological polar surface area (TPSA) is 112 Å². The third-order valence-corrected chi connectivity index (χ3v) is 6.74. The van der Waals surface area contributed by atoms with Crippen LogP contribution in [0.3, 0.4) is 0 Å². The van der Waals surface area contributed by atoms with Crippen LogP contribution in [0.25, 0.3) is 0 Å². The number of hydrogen-bond donors (Lipinski definition) is 3. The van der Waals surface area contributed by atoms with Crippen molar-refractivity contribution < 1.29 is 32.3 Å². The first kappa shape index (κ1) is 29.5. The van der Waals surface area contributed by atoms with Crippen molar-refractivity contribution in [1.82, 2.24) is 5.43 Å². The molecule has 4 rings (SSSR count). The Bertz CT molecular complexity index is 1480. The van der Waals surface area contributed by atoms with Crippen molar-refractivity contribution in [3.05, 3.63) is 83.4 Å². The van der Waals surface area contributed by atoms with Crippen LogP contribution in [-0.2, 0) is 4.79 Å². The van der Waals surface area contributed by atoms with Crippen LogP contribution in [0.5, 0.6) is 5.75 Å². The number of ether oxygens (including phenoxy) is 1. The van der Waals surface area contributed by atoms with Crippen LogP contribution in [0.4, 0.5) is 35.0 Å². The van der Waals surface area contributed by atoms with Crippen LogP contribution in [0.1, 0.15) is 41.3 Å². The lowest BCUT2D eigenvalue weighted by Crippen LogP contribution is -2.31. The molecule has 0 unspecified atom stereocenters. The molecule has 9 nitrogen and oxygen atoms in total. The predicted molar refractivity (Wildman–Crippen MR) is 152 cm³/mol. The normalized spacial score (nSPS) is 14.4. The van der Waals surface area contributed by atoms with Gasteiger partial charge < -0.3 is 10.1 Å². The zero-order valence-corrected chi connectivity index (χ0v) is 23.0. The molecule has 1 saturated heterocycles. The zero-order chi connectivity index (χ0) is 29.7. The highest BCUT2D eigenvalue weighted by Gasteiger charge is 2.33. The largest absolute Gasteiger partial charge is 0.573 e. The SMILES string of the molecule is Cc1ccc(C(C)C)c(N2C(=O)CS/C2=N\C(=O)Nc2ccc(NNC(=O)c3ccc(OC(F)(F)F)cc3)cc2)c1. The molecule has 0 spiro atoms. The summed E-state index contributed by atoms with van der Waals surface area (Å²) in [6.45, 7) is 6.00. The summed E-state index contributed by atoms with van der Waals surface area (Å²) < 4.78 is 40.6. The van der Waals surface area contributed by atoms with Crippen molar-refractivity contribution in [2.45, 2.75) is 33.1 Å². The number of rotatable bonds is 7. The number of nitrogens with zero attached hydrogens (tertiary/aromatic N) is 2. The number of aliphatic imine (C=N–C) groups is 1. The second-order valence-corrected chi connectivity index (χ2v) is 10.2.